The van der Waals surface area contributed by atoms with Gasteiger partial charge in [0.15, 0.2) is 0 Å². The maximum Gasteiger partial charge on any atom is 0.259 e. The Kier molecular flexibility index (Phi) is 6.48. The standard InChI is InChI=1S/C24H26N4O5/c1-5-12-32-17-8-6-16(7-9-17)20-14-21(26-25-20)23-27-28(15(2)29)24(33-23)19-13-18(30-3)10-11-22(19)31-4/h6-11,13-14,24H,5,12H2,1-4H3,(H,25,26). The largest absolute Gasteiger partial charge is 0.497 e. The molecule has 4 rings (SSSR count). The van der Waals surface area contributed by atoms with Gasteiger partial charge < -0.3 is 18.9 Å². The Bertz CT molecular complexity index is 1160. The van der Waals surface area contributed by atoms with E-state index >= 15 is 0 Å². The molecule has 9 heteroatoms. The highest BCUT2D eigenvalue weighted by Crippen LogP contribution is 2.37. The molecular weight excluding hydrogens is 424 g/mol. The van der Waals surface area contributed by atoms with Crippen molar-refractivity contribution < 1.29 is 23.7 Å². The molecule has 1 aromatic heterocycles. The zero-order valence-electron chi connectivity index (χ0n) is 19.0. The maximum atomic E-state index is 12.3. The second-order valence-corrected chi connectivity index (χ2v) is 7.39. The van der Waals surface area contributed by atoms with Crippen LogP contribution in [0.25, 0.3) is 11.3 Å². The van der Waals surface area contributed by atoms with E-state index in [9.17, 15) is 4.79 Å². The van der Waals surface area contributed by atoms with Gasteiger partial charge in [-0.15, -0.1) is 5.10 Å². The van der Waals surface area contributed by atoms with E-state index in [4.69, 9.17) is 18.9 Å². The molecule has 0 radical (unpaired) electrons. The molecule has 1 aliphatic heterocycles. The third-order valence-corrected chi connectivity index (χ3v) is 5.10. The van der Waals surface area contributed by atoms with E-state index in [1.165, 1.54) is 11.9 Å². The van der Waals surface area contributed by atoms with Gasteiger partial charge in [0, 0.05) is 12.5 Å². The van der Waals surface area contributed by atoms with Crippen LogP contribution in [-0.2, 0) is 9.53 Å². The Morgan fingerprint density at radius 3 is 2.52 bits per heavy atom. The van der Waals surface area contributed by atoms with Gasteiger partial charge in [-0.25, -0.2) is 0 Å². The highest BCUT2D eigenvalue weighted by Gasteiger charge is 2.36. The molecule has 2 aromatic carbocycles. The van der Waals surface area contributed by atoms with Crippen LogP contribution in [0.4, 0.5) is 0 Å². The summed E-state index contributed by atoms with van der Waals surface area (Å²) in [5, 5.41) is 13.0. The third-order valence-electron chi connectivity index (χ3n) is 5.10. The van der Waals surface area contributed by atoms with Crippen LogP contribution in [-0.4, -0.2) is 47.8 Å². The number of hydrogen-bond donors (Lipinski definition) is 1. The summed E-state index contributed by atoms with van der Waals surface area (Å²) in [7, 11) is 3.13. The van der Waals surface area contributed by atoms with Crippen LogP contribution in [0.5, 0.6) is 17.2 Å². The molecule has 1 amide bonds. The minimum absolute atomic E-state index is 0.252. The zero-order valence-corrected chi connectivity index (χ0v) is 19.0. The van der Waals surface area contributed by atoms with Crippen molar-refractivity contribution in [2.24, 2.45) is 5.10 Å². The van der Waals surface area contributed by atoms with Crippen LogP contribution in [0.3, 0.4) is 0 Å². The number of hydrazone groups is 1. The van der Waals surface area contributed by atoms with Crippen molar-refractivity contribution in [1.82, 2.24) is 15.2 Å². The van der Waals surface area contributed by atoms with Crippen molar-refractivity contribution in [3.63, 3.8) is 0 Å². The molecule has 1 aliphatic rings. The number of amides is 1. The lowest BCUT2D eigenvalue weighted by Crippen LogP contribution is -2.25. The normalized spacial score (nSPS) is 15.1. The summed E-state index contributed by atoms with van der Waals surface area (Å²) >= 11 is 0. The number of rotatable bonds is 8. The van der Waals surface area contributed by atoms with Crippen molar-refractivity contribution in [3.8, 4) is 28.5 Å². The van der Waals surface area contributed by atoms with Crippen LogP contribution in [0.1, 0.15) is 37.8 Å². The Hall–Kier alpha value is -4.01. The van der Waals surface area contributed by atoms with Gasteiger partial charge in [0.25, 0.3) is 5.90 Å². The summed E-state index contributed by atoms with van der Waals surface area (Å²) < 4.78 is 22.5. The first kappa shape index (κ1) is 22.2. The van der Waals surface area contributed by atoms with Gasteiger partial charge in [0.1, 0.15) is 22.9 Å². The molecule has 0 aliphatic carbocycles. The highest BCUT2D eigenvalue weighted by molar-refractivity contribution is 5.95. The van der Waals surface area contributed by atoms with E-state index in [0.717, 1.165) is 23.4 Å². The molecule has 0 bridgehead atoms. The summed E-state index contributed by atoms with van der Waals surface area (Å²) in [6.07, 6.45) is 0.149. The first-order valence-electron chi connectivity index (χ1n) is 10.6. The van der Waals surface area contributed by atoms with Crippen LogP contribution < -0.4 is 14.2 Å². The van der Waals surface area contributed by atoms with Gasteiger partial charge in [-0.3, -0.25) is 9.89 Å². The highest BCUT2D eigenvalue weighted by atomic mass is 16.5. The number of hydrogen-bond acceptors (Lipinski definition) is 7. The molecule has 0 saturated carbocycles. The second kappa shape index (κ2) is 9.64. The molecule has 33 heavy (non-hydrogen) atoms. The topological polar surface area (TPSA) is 98.3 Å². The van der Waals surface area contributed by atoms with Gasteiger partial charge in [-0.2, -0.15) is 10.1 Å². The van der Waals surface area contributed by atoms with Crippen molar-refractivity contribution >= 4 is 11.8 Å². The molecule has 1 N–H and O–H groups in total. The van der Waals surface area contributed by atoms with E-state index in [-0.39, 0.29) is 11.8 Å². The number of ether oxygens (including phenoxy) is 4. The summed E-state index contributed by atoms with van der Waals surface area (Å²) in [5.41, 5.74) is 2.80. The van der Waals surface area contributed by atoms with Crippen LogP contribution >= 0.6 is 0 Å². The number of H-pyrrole nitrogens is 1. The fourth-order valence-corrected chi connectivity index (χ4v) is 3.43. The van der Waals surface area contributed by atoms with Gasteiger partial charge in [-0.1, -0.05) is 6.92 Å². The number of methoxy groups -OCH3 is 2. The van der Waals surface area contributed by atoms with E-state index < -0.39 is 6.23 Å². The van der Waals surface area contributed by atoms with Crippen LogP contribution in [0, 0.1) is 0 Å². The molecule has 1 atom stereocenters. The number of carbonyl (C=O) groups is 1. The number of aromatic amines is 1. The summed E-state index contributed by atoms with van der Waals surface area (Å²) in [5.74, 6) is 1.96. The van der Waals surface area contributed by atoms with E-state index in [2.05, 4.69) is 22.2 Å². The lowest BCUT2D eigenvalue weighted by atomic mass is 10.1. The monoisotopic (exact) mass is 450 g/mol. The van der Waals surface area contributed by atoms with Gasteiger partial charge in [-0.05, 0) is 55.0 Å². The lowest BCUT2D eigenvalue weighted by Gasteiger charge is -2.21. The Morgan fingerprint density at radius 2 is 1.85 bits per heavy atom. The van der Waals surface area contributed by atoms with E-state index in [1.54, 1.807) is 32.4 Å². The SMILES string of the molecule is CCCOc1ccc(-c2cc(C3=NN(C(C)=O)C(c4cc(OC)ccc4OC)O3)[nH]n2)cc1. The average molecular weight is 450 g/mol. The molecular formula is C24H26N4O5. The van der Waals surface area contributed by atoms with Gasteiger partial charge >= 0.3 is 0 Å². The number of benzene rings is 2. The molecule has 1 unspecified atom stereocenters. The van der Waals surface area contributed by atoms with E-state index in [1.807, 2.05) is 30.3 Å². The number of aromatic nitrogens is 2. The van der Waals surface area contributed by atoms with Crippen molar-refractivity contribution in [2.45, 2.75) is 26.5 Å². The predicted molar refractivity (Wildman–Crippen MR) is 122 cm³/mol. The number of nitrogens with one attached hydrogen (secondary N) is 1. The minimum Gasteiger partial charge on any atom is -0.497 e. The lowest BCUT2D eigenvalue weighted by molar-refractivity contribution is -0.135. The fraction of sp³-hybridized carbons (Fsp3) is 0.292. The molecule has 0 saturated heterocycles. The smallest absolute Gasteiger partial charge is 0.259 e. The molecule has 172 valence electrons. The van der Waals surface area contributed by atoms with Gasteiger partial charge in [0.05, 0.1) is 32.1 Å². The van der Waals surface area contributed by atoms with Crippen molar-refractivity contribution in [1.29, 1.82) is 0 Å². The summed E-state index contributed by atoms with van der Waals surface area (Å²) in [4.78, 5) is 12.3. The van der Waals surface area contributed by atoms with E-state index in [0.29, 0.717) is 29.4 Å². The Morgan fingerprint density at radius 1 is 1.09 bits per heavy atom. The summed E-state index contributed by atoms with van der Waals surface area (Å²) in [6.45, 7) is 4.17. The predicted octanol–water partition coefficient (Wildman–Crippen LogP) is 4.12. The van der Waals surface area contributed by atoms with Crippen LogP contribution in [0.15, 0.2) is 53.6 Å². The average Bonchev–Trinajstić information content (AvgIpc) is 3.50. The fourth-order valence-electron chi connectivity index (χ4n) is 3.43. The third kappa shape index (κ3) is 4.62. The molecule has 3 aromatic rings. The first-order valence-corrected chi connectivity index (χ1v) is 10.6. The molecule has 0 fully saturated rings. The van der Waals surface area contributed by atoms with Crippen LogP contribution in [0.2, 0.25) is 0 Å². The quantitative estimate of drug-likeness (QED) is 0.554. The first-order chi connectivity index (χ1) is 16.0. The zero-order chi connectivity index (χ0) is 23.4. The number of carbonyl (C=O) groups excluding carboxylic acids is 1. The molecule has 9 nitrogen and oxygen atoms in total. The second-order valence-electron chi connectivity index (χ2n) is 7.39. The molecule has 0 spiro atoms. The summed E-state index contributed by atoms with van der Waals surface area (Å²) in [6, 6.07) is 14.8. The maximum absolute atomic E-state index is 12.3. The molecule has 2 heterocycles. The van der Waals surface area contributed by atoms with Crippen molar-refractivity contribution in [3.05, 3.63) is 59.8 Å². The Labute approximate surface area is 191 Å². The Balaban J connectivity index is 1.59. The number of nitrogens with zero attached hydrogens (tertiary/aromatic N) is 3. The van der Waals surface area contributed by atoms with Crippen molar-refractivity contribution in [2.75, 3.05) is 20.8 Å². The van der Waals surface area contributed by atoms with Gasteiger partial charge in [0.2, 0.25) is 12.1 Å². The minimum atomic E-state index is -0.802.